The first-order valence-corrected chi connectivity index (χ1v) is 8.01. The van der Waals surface area contributed by atoms with Crippen molar-refractivity contribution in [3.05, 3.63) is 54.6 Å². The molecular formula is C18H18N4O3. The van der Waals surface area contributed by atoms with Crippen LogP contribution in [0, 0.1) is 0 Å². The predicted molar refractivity (Wildman–Crippen MR) is 92.8 cm³/mol. The van der Waals surface area contributed by atoms with Crippen molar-refractivity contribution in [2.45, 2.75) is 26.0 Å². The van der Waals surface area contributed by atoms with Gasteiger partial charge < -0.3 is 10.1 Å². The van der Waals surface area contributed by atoms with Crippen LogP contribution in [0.5, 0.6) is 0 Å². The summed E-state index contributed by atoms with van der Waals surface area (Å²) in [6.07, 6.45) is -0.481. The number of para-hydroxylation sites is 2. The number of ether oxygens (including phenoxy) is 1. The molecule has 0 aliphatic carbocycles. The van der Waals surface area contributed by atoms with Crippen LogP contribution in [0.1, 0.15) is 13.3 Å². The second-order valence-corrected chi connectivity index (χ2v) is 5.48. The Kier molecular flexibility index (Phi) is 5.03. The van der Waals surface area contributed by atoms with Gasteiger partial charge in [-0.25, -0.2) is 4.68 Å². The van der Waals surface area contributed by atoms with Gasteiger partial charge in [-0.15, -0.1) is 5.10 Å². The lowest BCUT2D eigenvalue weighted by molar-refractivity contribution is -0.155. The number of aromatic nitrogens is 3. The van der Waals surface area contributed by atoms with E-state index in [2.05, 4.69) is 15.6 Å². The number of carbonyl (C=O) groups excluding carboxylic acids is 2. The molecule has 1 atom stereocenters. The van der Waals surface area contributed by atoms with Crippen molar-refractivity contribution in [2.75, 3.05) is 5.32 Å². The number of rotatable bonds is 6. The fraction of sp³-hybridized carbons (Fsp3) is 0.222. The Bertz CT molecular complexity index is 876. The van der Waals surface area contributed by atoms with Crippen molar-refractivity contribution in [3.8, 4) is 0 Å². The van der Waals surface area contributed by atoms with Crippen molar-refractivity contribution < 1.29 is 14.3 Å². The van der Waals surface area contributed by atoms with Gasteiger partial charge in [0.1, 0.15) is 12.1 Å². The van der Waals surface area contributed by atoms with E-state index in [-0.39, 0.29) is 12.5 Å². The van der Waals surface area contributed by atoms with Crippen LogP contribution < -0.4 is 5.32 Å². The number of nitrogens with one attached hydrogen (secondary N) is 1. The molecular weight excluding hydrogens is 320 g/mol. The number of hydrogen-bond acceptors (Lipinski definition) is 5. The van der Waals surface area contributed by atoms with Crippen molar-refractivity contribution in [1.29, 1.82) is 0 Å². The van der Waals surface area contributed by atoms with Crippen LogP contribution in [-0.4, -0.2) is 33.0 Å². The fourth-order valence-electron chi connectivity index (χ4n) is 2.42. The van der Waals surface area contributed by atoms with E-state index < -0.39 is 12.1 Å². The Hall–Kier alpha value is -3.22. The Balaban J connectivity index is 1.63. The summed E-state index contributed by atoms with van der Waals surface area (Å²) in [5.41, 5.74) is 2.09. The molecule has 0 aliphatic heterocycles. The molecule has 0 bridgehead atoms. The lowest BCUT2D eigenvalue weighted by atomic mass is 10.2. The topological polar surface area (TPSA) is 86.1 Å². The van der Waals surface area contributed by atoms with Crippen LogP contribution >= 0.6 is 0 Å². The van der Waals surface area contributed by atoms with Crippen molar-refractivity contribution in [3.63, 3.8) is 0 Å². The molecule has 1 unspecified atom stereocenters. The summed E-state index contributed by atoms with van der Waals surface area (Å²) in [6.45, 7) is 1.68. The Morgan fingerprint density at radius 2 is 1.84 bits per heavy atom. The average molecular weight is 338 g/mol. The SMILES string of the molecule is CCC(OC(=O)Cn1nnc2ccccc21)C(=O)Nc1ccccc1. The maximum Gasteiger partial charge on any atom is 0.328 e. The number of nitrogens with zero attached hydrogens (tertiary/aromatic N) is 3. The van der Waals surface area contributed by atoms with Gasteiger partial charge >= 0.3 is 5.97 Å². The number of hydrogen-bond donors (Lipinski definition) is 1. The second-order valence-electron chi connectivity index (χ2n) is 5.48. The van der Waals surface area contributed by atoms with E-state index in [0.717, 1.165) is 5.52 Å². The number of anilines is 1. The van der Waals surface area contributed by atoms with Gasteiger partial charge in [-0.3, -0.25) is 9.59 Å². The summed E-state index contributed by atoms with van der Waals surface area (Å²) >= 11 is 0. The van der Waals surface area contributed by atoms with Crippen molar-refractivity contribution >= 4 is 28.6 Å². The summed E-state index contributed by atoms with van der Waals surface area (Å²) in [5.74, 6) is -0.892. The molecule has 2 aromatic carbocycles. The molecule has 0 saturated carbocycles. The van der Waals surface area contributed by atoms with Crippen LogP contribution in [0.4, 0.5) is 5.69 Å². The van der Waals surface area contributed by atoms with E-state index >= 15 is 0 Å². The quantitative estimate of drug-likeness (QED) is 0.698. The van der Waals surface area contributed by atoms with Crippen molar-refractivity contribution in [2.24, 2.45) is 0 Å². The molecule has 1 N–H and O–H groups in total. The van der Waals surface area contributed by atoms with Crippen LogP contribution in [0.2, 0.25) is 0 Å². The minimum absolute atomic E-state index is 0.102. The average Bonchev–Trinajstić information content (AvgIpc) is 3.03. The zero-order chi connectivity index (χ0) is 17.6. The van der Waals surface area contributed by atoms with Gasteiger partial charge in [-0.05, 0) is 30.7 Å². The summed E-state index contributed by atoms with van der Waals surface area (Å²) < 4.78 is 6.77. The first kappa shape index (κ1) is 16.6. The van der Waals surface area contributed by atoms with E-state index in [0.29, 0.717) is 17.6 Å². The summed E-state index contributed by atoms with van der Waals surface area (Å²) in [7, 11) is 0. The van der Waals surface area contributed by atoms with Crippen molar-refractivity contribution in [1.82, 2.24) is 15.0 Å². The van der Waals surface area contributed by atoms with Gasteiger partial charge in [0, 0.05) is 5.69 Å². The molecule has 7 nitrogen and oxygen atoms in total. The Morgan fingerprint density at radius 3 is 2.60 bits per heavy atom. The van der Waals surface area contributed by atoms with Crippen LogP contribution in [0.3, 0.4) is 0 Å². The molecule has 0 radical (unpaired) electrons. The minimum Gasteiger partial charge on any atom is -0.451 e. The van der Waals surface area contributed by atoms with Crippen LogP contribution in [-0.2, 0) is 20.9 Å². The van der Waals surface area contributed by atoms with Crippen LogP contribution in [0.25, 0.3) is 11.0 Å². The first-order chi connectivity index (χ1) is 12.2. The van der Waals surface area contributed by atoms with Gasteiger partial charge in [0.2, 0.25) is 0 Å². The van der Waals surface area contributed by atoms with E-state index in [1.54, 1.807) is 19.1 Å². The highest BCUT2D eigenvalue weighted by atomic mass is 16.5. The van der Waals surface area contributed by atoms with Crippen LogP contribution in [0.15, 0.2) is 54.6 Å². The minimum atomic E-state index is -0.859. The number of fused-ring (bicyclic) bond motifs is 1. The molecule has 1 amide bonds. The van der Waals surface area contributed by atoms with E-state index in [1.165, 1.54) is 4.68 Å². The molecule has 0 saturated heterocycles. The van der Waals surface area contributed by atoms with Gasteiger partial charge in [0.05, 0.1) is 5.52 Å². The van der Waals surface area contributed by atoms with Gasteiger partial charge in [0.25, 0.3) is 5.91 Å². The molecule has 1 aromatic heterocycles. The number of benzene rings is 2. The van der Waals surface area contributed by atoms with Gasteiger partial charge in [-0.2, -0.15) is 0 Å². The maximum atomic E-state index is 12.3. The summed E-state index contributed by atoms with van der Waals surface area (Å²) in [6, 6.07) is 16.4. The smallest absolute Gasteiger partial charge is 0.328 e. The molecule has 1 heterocycles. The van der Waals surface area contributed by atoms with Gasteiger partial charge in [-0.1, -0.05) is 42.5 Å². The summed E-state index contributed by atoms with van der Waals surface area (Å²) in [4.78, 5) is 24.5. The van der Waals surface area contributed by atoms with E-state index in [1.807, 2.05) is 42.5 Å². The molecule has 25 heavy (non-hydrogen) atoms. The monoisotopic (exact) mass is 338 g/mol. The zero-order valence-electron chi connectivity index (χ0n) is 13.8. The standard InChI is InChI=1S/C18H18N4O3/c1-2-16(18(24)19-13-8-4-3-5-9-13)25-17(23)12-22-15-11-7-6-10-14(15)20-21-22/h3-11,16H,2,12H2,1H3,(H,19,24). The first-order valence-electron chi connectivity index (χ1n) is 8.01. The lowest BCUT2D eigenvalue weighted by Gasteiger charge is -2.16. The number of amides is 1. The predicted octanol–water partition coefficient (Wildman–Crippen LogP) is 2.39. The number of esters is 1. The molecule has 0 fully saturated rings. The normalized spacial score (nSPS) is 11.9. The molecule has 7 heteroatoms. The molecule has 3 rings (SSSR count). The fourth-order valence-corrected chi connectivity index (χ4v) is 2.42. The Labute approximate surface area is 144 Å². The molecule has 3 aromatic rings. The van der Waals surface area contributed by atoms with E-state index in [9.17, 15) is 9.59 Å². The third kappa shape index (κ3) is 4.00. The molecule has 0 aliphatic rings. The third-order valence-corrected chi connectivity index (χ3v) is 3.68. The number of carbonyl (C=O) groups is 2. The Morgan fingerprint density at radius 1 is 1.12 bits per heavy atom. The highest BCUT2D eigenvalue weighted by Crippen LogP contribution is 2.11. The molecule has 128 valence electrons. The van der Waals surface area contributed by atoms with Gasteiger partial charge in [0.15, 0.2) is 6.10 Å². The zero-order valence-corrected chi connectivity index (χ0v) is 13.8. The summed E-state index contributed by atoms with van der Waals surface area (Å²) in [5, 5.41) is 10.7. The third-order valence-electron chi connectivity index (χ3n) is 3.68. The lowest BCUT2D eigenvalue weighted by Crippen LogP contribution is -2.33. The maximum absolute atomic E-state index is 12.3. The largest absolute Gasteiger partial charge is 0.451 e. The second kappa shape index (κ2) is 7.57. The highest BCUT2D eigenvalue weighted by Gasteiger charge is 2.22. The molecule has 0 spiro atoms. The highest BCUT2D eigenvalue weighted by molar-refractivity contribution is 5.95. The van der Waals surface area contributed by atoms with E-state index in [4.69, 9.17) is 4.74 Å².